The summed E-state index contributed by atoms with van der Waals surface area (Å²) in [5, 5.41) is 3.41. The molecule has 18 heavy (non-hydrogen) atoms. The molecule has 0 radical (unpaired) electrons. The summed E-state index contributed by atoms with van der Waals surface area (Å²) in [7, 11) is 0. The van der Waals surface area contributed by atoms with Crippen LogP contribution in [0.2, 0.25) is 0 Å². The number of hydrogen-bond donors (Lipinski definition) is 1. The van der Waals surface area contributed by atoms with Crippen molar-refractivity contribution in [2.24, 2.45) is 0 Å². The van der Waals surface area contributed by atoms with Gasteiger partial charge in [0.25, 0.3) is 0 Å². The third-order valence-electron chi connectivity index (χ3n) is 3.10. The summed E-state index contributed by atoms with van der Waals surface area (Å²) in [5.41, 5.74) is 0.994. The molecule has 0 saturated carbocycles. The fourth-order valence-corrected chi connectivity index (χ4v) is 3.13. The van der Waals surface area contributed by atoms with Crippen LogP contribution in [0.5, 0.6) is 0 Å². The van der Waals surface area contributed by atoms with Gasteiger partial charge in [-0.3, -0.25) is 4.79 Å². The Labute approximate surface area is 113 Å². The molecule has 1 heterocycles. The number of carbonyl (C=O) groups is 1. The predicted octanol–water partition coefficient (Wildman–Crippen LogP) is 2.13. The molecule has 1 N–H and O–H groups in total. The van der Waals surface area contributed by atoms with Gasteiger partial charge in [-0.25, -0.2) is 0 Å². The highest BCUT2D eigenvalue weighted by molar-refractivity contribution is 7.99. The highest BCUT2D eigenvalue weighted by Gasteiger charge is 2.20. The minimum Gasteiger partial charge on any atom is -0.313 e. The second-order valence-corrected chi connectivity index (χ2v) is 5.55. The number of thioether (sulfide) groups is 1. The Morgan fingerprint density at radius 1 is 1.44 bits per heavy atom. The van der Waals surface area contributed by atoms with E-state index in [1.165, 1.54) is 0 Å². The van der Waals surface area contributed by atoms with E-state index in [4.69, 9.17) is 0 Å². The van der Waals surface area contributed by atoms with E-state index in [-0.39, 0.29) is 5.91 Å². The van der Waals surface area contributed by atoms with E-state index in [9.17, 15) is 4.79 Å². The molecule has 1 fully saturated rings. The molecule has 0 aromatic heterocycles. The van der Waals surface area contributed by atoms with E-state index in [0.717, 1.165) is 30.3 Å². The first-order chi connectivity index (χ1) is 8.81. The van der Waals surface area contributed by atoms with Crippen LogP contribution < -0.4 is 10.2 Å². The Morgan fingerprint density at radius 3 is 2.83 bits per heavy atom. The van der Waals surface area contributed by atoms with Gasteiger partial charge in [0, 0.05) is 42.7 Å². The molecule has 1 unspecified atom stereocenters. The van der Waals surface area contributed by atoms with Crippen molar-refractivity contribution in [3.63, 3.8) is 0 Å². The second-order valence-electron chi connectivity index (χ2n) is 4.40. The van der Waals surface area contributed by atoms with Crippen molar-refractivity contribution in [2.75, 3.05) is 29.5 Å². The van der Waals surface area contributed by atoms with Gasteiger partial charge in [0.15, 0.2) is 0 Å². The van der Waals surface area contributed by atoms with Gasteiger partial charge in [0.1, 0.15) is 0 Å². The van der Waals surface area contributed by atoms with Gasteiger partial charge in [0.05, 0.1) is 0 Å². The number of anilines is 1. The average Bonchev–Trinajstić information content (AvgIpc) is 2.42. The van der Waals surface area contributed by atoms with Gasteiger partial charge in [-0.1, -0.05) is 18.2 Å². The van der Waals surface area contributed by atoms with Crippen LogP contribution in [0.15, 0.2) is 30.3 Å². The fraction of sp³-hybridized carbons (Fsp3) is 0.500. The first-order valence-electron chi connectivity index (χ1n) is 6.47. The van der Waals surface area contributed by atoms with Crippen molar-refractivity contribution < 1.29 is 4.79 Å². The average molecular weight is 264 g/mol. The molecule has 0 aliphatic carbocycles. The molecule has 98 valence electrons. The molecular weight excluding hydrogens is 244 g/mol. The lowest BCUT2D eigenvalue weighted by Gasteiger charge is -2.26. The minimum atomic E-state index is 0.212. The highest BCUT2D eigenvalue weighted by atomic mass is 32.2. The number of nitrogens with zero attached hydrogens (tertiary/aromatic N) is 1. The van der Waals surface area contributed by atoms with Crippen molar-refractivity contribution in [1.29, 1.82) is 0 Å². The molecule has 1 atom stereocenters. The van der Waals surface area contributed by atoms with Crippen LogP contribution in [0.25, 0.3) is 0 Å². The number of nitrogens with one attached hydrogen (secondary N) is 1. The maximum Gasteiger partial charge on any atom is 0.228 e. The van der Waals surface area contributed by atoms with Crippen LogP contribution in [0, 0.1) is 0 Å². The van der Waals surface area contributed by atoms with Gasteiger partial charge in [-0.05, 0) is 19.1 Å². The minimum absolute atomic E-state index is 0.212. The van der Waals surface area contributed by atoms with Crippen molar-refractivity contribution in [3.05, 3.63) is 30.3 Å². The van der Waals surface area contributed by atoms with Crippen molar-refractivity contribution in [1.82, 2.24) is 5.32 Å². The topological polar surface area (TPSA) is 32.3 Å². The first kappa shape index (κ1) is 13.4. The number of carbonyl (C=O) groups excluding carboxylic acids is 1. The van der Waals surface area contributed by atoms with E-state index in [1.807, 2.05) is 53.9 Å². The lowest BCUT2D eigenvalue weighted by molar-refractivity contribution is -0.118. The summed E-state index contributed by atoms with van der Waals surface area (Å²) >= 11 is 1.93. The van der Waals surface area contributed by atoms with Crippen molar-refractivity contribution in [3.8, 4) is 0 Å². The molecule has 3 nitrogen and oxygen atoms in total. The molecule has 1 amide bonds. The van der Waals surface area contributed by atoms with Crippen LogP contribution in [-0.2, 0) is 4.79 Å². The monoisotopic (exact) mass is 264 g/mol. The Morgan fingerprint density at radius 2 is 2.22 bits per heavy atom. The molecular formula is C14H20N2OS. The summed E-state index contributed by atoms with van der Waals surface area (Å²) in [5.74, 6) is 2.41. The molecule has 0 spiro atoms. The molecule has 1 aliphatic rings. The van der Waals surface area contributed by atoms with Crippen molar-refractivity contribution >= 4 is 23.4 Å². The molecule has 1 saturated heterocycles. The van der Waals surface area contributed by atoms with Crippen LogP contribution in [0.1, 0.15) is 13.3 Å². The van der Waals surface area contributed by atoms with Crippen LogP contribution in [0.4, 0.5) is 5.69 Å². The maximum absolute atomic E-state index is 12.3. The van der Waals surface area contributed by atoms with Crippen LogP contribution in [-0.4, -0.2) is 36.5 Å². The van der Waals surface area contributed by atoms with E-state index < -0.39 is 0 Å². The van der Waals surface area contributed by atoms with Gasteiger partial charge >= 0.3 is 0 Å². The zero-order valence-electron chi connectivity index (χ0n) is 10.8. The lowest BCUT2D eigenvalue weighted by atomic mass is 10.2. The van der Waals surface area contributed by atoms with E-state index in [0.29, 0.717) is 12.5 Å². The van der Waals surface area contributed by atoms with Gasteiger partial charge in [-0.2, -0.15) is 11.8 Å². The zero-order valence-corrected chi connectivity index (χ0v) is 11.6. The third-order valence-corrected chi connectivity index (χ3v) is 4.24. The summed E-state index contributed by atoms with van der Waals surface area (Å²) in [4.78, 5) is 14.2. The summed E-state index contributed by atoms with van der Waals surface area (Å²) in [6.45, 7) is 3.76. The standard InChI is InChI=1S/C14H20N2OS/c1-2-16(13-6-4-3-5-7-13)14(17)10-12-11-18-9-8-15-12/h3-7,12,15H,2,8-11H2,1H3. The molecule has 1 aromatic carbocycles. The smallest absolute Gasteiger partial charge is 0.228 e. The van der Waals surface area contributed by atoms with Gasteiger partial charge < -0.3 is 10.2 Å². The number of para-hydroxylation sites is 1. The molecule has 4 heteroatoms. The van der Waals surface area contributed by atoms with E-state index in [1.54, 1.807) is 0 Å². The first-order valence-corrected chi connectivity index (χ1v) is 7.63. The van der Waals surface area contributed by atoms with Crippen LogP contribution >= 0.6 is 11.8 Å². The quantitative estimate of drug-likeness (QED) is 0.904. The summed E-state index contributed by atoms with van der Waals surface area (Å²) < 4.78 is 0. The zero-order chi connectivity index (χ0) is 12.8. The van der Waals surface area contributed by atoms with Gasteiger partial charge in [0.2, 0.25) is 5.91 Å². The predicted molar refractivity (Wildman–Crippen MR) is 78.2 cm³/mol. The number of amides is 1. The van der Waals surface area contributed by atoms with Gasteiger partial charge in [-0.15, -0.1) is 0 Å². The Bertz CT molecular complexity index is 377. The van der Waals surface area contributed by atoms with Crippen molar-refractivity contribution in [2.45, 2.75) is 19.4 Å². The number of hydrogen-bond acceptors (Lipinski definition) is 3. The SMILES string of the molecule is CCN(C(=O)CC1CSCCN1)c1ccccc1. The van der Waals surface area contributed by atoms with Crippen LogP contribution in [0.3, 0.4) is 0 Å². The number of rotatable bonds is 4. The van der Waals surface area contributed by atoms with E-state index >= 15 is 0 Å². The molecule has 0 bridgehead atoms. The molecule has 2 rings (SSSR count). The maximum atomic E-state index is 12.3. The Kier molecular flexibility index (Phi) is 5.08. The largest absolute Gasteiger partial charge is 0.313 e. The Balaban J connectivity index is 1.97. The number of benzene rings is 1. The van der Waals surface area contributed by atoms with E-state index in [2.05, 4.69) is 5.32 Å². The third kappa shape index (κ3) is 3.50. The highest BCUT2D eigenvalue weighted by Crippen LogP contribution is 2.17. The second kappa shape index (κ2) is 6.81. The summed E-state index contributed by atoms with van der Waals surface area (Å²) in [6, 6.07) is 10.2. The fourth-order valence-electron chi connectivity index (χ4n) is 2.18. The lowest BCUT2D eigenvalue weighted by Crippen LogP contribution is -2.42. The molecule has 1 aliphatic heterocycles. The normalized spacial score (nSPS) is 19.5. The summed E-state index contributed by atoms with van der Waals surface area (Å²) in [6.07, 6.45) is 0.593. The molecule has 1 aromatic rings. The Hall–Kier alpha value is -1.00.